The molecule has 2 N–H and O–H groups in total. The van der Waals surface area contributed by atoms with Crippen LogP contribution in [0.5, 0.6) is 0 Å². The second kappa shape index (κ2) is 6.51. The van der Waals surface area contributed by atoms with Crippen molar-refractivity contribution in [2.75, 3.05) is 19.8 Å². The molecule has 1 unspecified atom stereocenters. The Morgan fingerprint density at radius 1 is 1.37 bits per heavy atom. The lowest BCUT2D eigenvalue weighted by Gasteiger charge is -2.31. The average molecular weight is 263 g/mol. The van der Waals surface area contributed by atoms with Crippen molar-refractivity contribution in [3.63, 3.8) is 0 Å². The molecule has 0 aromatic heterocycles. The topological polar surface area (TPSA) is 41.5 Å². The smallest absolute Gasteiger partial charge is 0.0721 e. The van der Waals surface area contributed by atoms with E-state index in [1.165, 1.54) is 11.1 Å². The molecule has 0 amide bonds. The second-order valence-electron chi connectivity index (χ2n) is 6.14. The summed E-state index contributed by atoms with van der Waals surface area (Å²) >= 11 is 0. The molecule has 1 aliphatic rings. The van der Waals surface area contributed by atoms with Crippen molar-refractivity contribution in [3.05, 3.63) is 35.4 Å². The zero-order valence-electron chi connectivity index (χ0n) is 12.0. The van der Waals surface area contributed by atoms with E-state index < -0.39 is 0 Å². The fourth-order valence-corrected chi connectivity index (χ4v) is 2.60. The van der Waals surface area contributed by atoms with Gasteiger partial charge in [0.2, 0.25) is 0 Å². The number of fused-ring (bicyclic) bond motifs is 1. The largest absolute Gasteiger partial charge is 0.396 e. The van der Waals surface area contributed by atoms with Crippen molar-refractivity contribution in [2.45, 2.75) is 39.3 Å². The molecule has 19 heavy (non-hydrogen) atoms. The highest BCUT2D eigenvalue weighted by atomic mass is 16.5. The van der Waals surface area contributed by atoms with Crippen LogP contribution in [0, 0.1) is 5.41 Å². The van der Waals surface area contributed by atoms with Crippen LogP contribution in [-0.4, -0.2) is 24.9 Å². The molecule has 1 aliphatic heterocycles. The lowest BCUT2D eigenvalue weighted by molar-refractivity contribution is 0.0780. The first-order chi connectivity index (χ1) is 9.12. The summed E-state index contributed by atoms with van der Waals surface area (Å²) in [5.74, 6) is 0. The van der Waals surface area contributed by atoms with Crippen molar-refractivity contribution >= 4 is 0 Å². The number of benzene rings is 1. The normalized spacial score (nSPS) is 19.2. The molecule has 3 heteroatoms. The van der Waals surface area contributed by atoms with E-state index in [0.717, 1.165) is 32.6 Å². The summed E-state index contributed by atoms with van der Waals surface area (Å²) in [4.78, 5) is 0. The number of hydrogen-bond donors (Lipinski definition) is 2. The predicted octanol–water partition coefficient (Wildman–Crippen LogP) is 2.65. The summed E-state index contributed by atoms with van der Waals surface area (Å²) in [6.45, 7) is 7.17. The number of rotatable bonds is 6. The van der Waals surface area contributed by atoms with Gasteiger partial charge in [-0.25, -0.2) is 0 Å². The van der Waals surface area contributed by atoms with Crippen LogP contribution >= 0.6 is 0 Å². The minimum Gasteiger partial charge on any atom is -0.396 e. The lowest BCUT2D eigenvalue weighted by atomic mass is 9.87. The Kier molecular flexibility index (Phi) is 4.97. The molecule has 0 radical (unpaired) electrons. The van der Waals surface area contributed by atoms with E-state index in [-0.39, 0.29) is 12.0 Å². The maximum Gasteiger partial charge on any atom is 0.0721 e. The van der Waals surface area contributed by atoms with Crippen LogP contribution in [-0.2, 0) is 11.3 Å². The van der Waals surface area contributed by atoms with Gasteiger partial charge in [-0.05, 0) is 29.4 Å². The van der Waals surface area contributed by atoms with Gasteiger partial charge in [0.15, 0.2) is 0 Å². The Morgan fingerprint density at radius 2 is 2.16 bits per heavy atom. The summed E-state index contributed by atoms with van der Waals surface area (Å²) in [6.07, 6.45) is 1.90. The van der Waals surface area contributed by atoms with E-state index in [1.807, 2.05) is 0 Å². The van der Waals surface area contributed by atoms with Crippen molar-refractivity contribution < 1.29 is 9.84 Å². The van der Waals surface area contributed by atoms with Gasteiger partial charge in [0, 0.05) is 13.2 Å². The molecule has 1 aromatic carbocycles. The first kappa shape index (κ1) is 14.5. The van der Waals surface area contributed by atoms with Gasteiger partial charge in [-0.1, -0.05) is 38.1 Å². The van der Waals surface area contributed by atoms with Gasteiger partial charge >= 0.3 is 0 Å². The van der Waals surface area contributed by atoms with Crippen LogP contribution in [0.1, 0.15) is 43.9 Å². The van der Waals surface area contributed by atoms with Crippen LogP contribution in [0.15, 0.2) is 24.3 Å². The molecular weight excluding hydrogens is 238 g/mol. The summed E-state index contributed by atoms with van der Waals surface area (Å²) in [7, 11) is 0. The number of aliphatic hydroxyl groups is 1. The van der Waals surface area contributed by atoms with Gasteiger partial charge in [-0.2, -0.15) is 0 Å². The van der Waals surface area contributed by atoms with Crippen molar-refractivity contribution in [1.82, 2.24) is 5.32 Å². The van der Waals surface area contributed by atoms with E-state index in [1.54, 1.807) is 0 Å². The third-order valence-electron chi connectivity index (χ3n) is 3.81. The molecule has 1 atom stereocenters. The van der Waals surface area contributed by atoms with Crippen LogP contribution in [0.25, 0.3) is 0 Å². The number of ether oxygens (including phenoxy) is 1. The van der Waals surface area contributed by atoms with Crippen LogP contribution in [0.2, 0.25) is 0 Å². The Bertz CT molecular complexity index is 403. The van der Waals surface area contributed by atoms with Crippen LogP contribution in [0.3, 0.4) is 0 Å². The van der Waals surface area contributed by atoms with Crippen LogP contribution < -0.4 is 5.32 Å². The molecule has 1 aromatic rings. The molecule has 0 saturated carbocycles. The van der Waals surface area contributed by atoms with E-state index in [4.69, 9.17) is 9.84 Å². The fraction of sp³-hybridized carbons (Fsp3) is 0.625. The Hall–Kier alpha value is -0.900. The first-order valence-corrected chi connectivity index (χ1v) is 7.12. The zero-order chi connectivity index (χ0) is 13.7. The summed E-state index contributed by atoms with van der Waals surface area (Å²) in [5, 5.41) is 12.6. The van der Waals surface area contributed by atoms with E-state index in [9.17, 15) is 0 Å². The number of nitrogens with one attached hydrogen (secondary N) is 1. The SMILES string of the molecule is CC(C)(CCCO)CNC1COCc2ccccc21. The van der Waals surface area contributed by atoms with E-state index in [0.29, 0.717) is 6.04 Å². The maximum absolute atomic E-state index is 8.94. The molecule has 0 aliphatic carbocycles. The molecular formula is C16H25NO2. The average Bonchev–Trinajstić information content (AvgIpc) is 2.43. The molecule has 0 fully saturated rings. The second-order valence-corrected chi connectivity index (χ2v) is 6.14. The molecule has 3 nitrogen and oxygen atoms in total. The zero-order valence-corrected chi connectivity index (χ0v) is 12.0. The third-order valence-corrected chi connectivity index (χ3v) is 3.81. The third kappa shape index (κ3) is 4.03. The fourth-order valence-electron chi connectivity index (χ4n) is 2.60. The Balaban J connectivity index is 1.94. The van der Waals surface area contributed by atoms with E-state index >= 15 is 0 Å². The summed E-state index contributed by atoms with van der Waals surface area (Å²) in [5.41, 5.74) is 2.86. The molecule has 0 spiro atoms. The molecule has 2 rings (SSSR count). The highest BCUT2D eigenvalue weighted by molar-refractivity contribution is 5.31. The van der Waals surface area contributed by atoms with Gasteiger partial charge < -0.3 is 15.2 Å². The minimum atomic E-state index is 0.203. The van der Waals surface area contributed by atoms with E-state index in [2.05, 4.69) is 43.4 Å². The monoisotopic (exact) mass is 263 g/mol. The molecule has 0 bridgehead atoms. The molecule has 106 valence electrons. The summed E-state index contributed by atoms with van der Waals surface area (Å²) < 4.78 is 5.65. The van der Waals surface area contributed by atoms with Gasteiger partial charge in [-0.3, -0.25) is 0 Å². The highest BCUT2D eigenvalue weighted by Gasteiger charge is 2.23. The highest BCUT2D eigenvalue weighted by Crippen LogP contribution is 2.27. The maximum atomic E-state index is 8.94. The van der Waals surface area contributed by atoms with Crippen molar-refractivity contribution in [3.8, 4) is 0 Å². The summed E-state index contributed by atoms with van der Waals surface area (Å²) in [6, 6.07) is 8.78. The standard InChI is InChI=1S/C16H25NO2/c1-16(2,8-5-9-18)12-17-15-11-19-10-13-6-3-4-7-14(13)15/h3-4,6-7,15,17-18H,5,8-12H2,1-2H3. The minimum absolute atomic E-state index is 0.203. The van der Waals surface area contributed by atoms with Crippen LogP contribution in [0.4, 0.5) is 0 Å². The van der Waals surface area contributed by atoms with Crippen molar-refractivity contribution in [1.29, 1.82) is 0 Å². The quantitative estimate of drug-likeness (QED) is 0.829. The Morgan fingerprint density at radius 3 is 2.95 bits per heavy atom. The van der Waals surface area contributed by atoms with Crippen molar-refractivity contribution in [2.24, 2.45) is 5.41 Å². The number of hydrogen-bond acceptors (Lipinski definition) is 3. The van der Waals surface area contributed by atoms with Gasteiger partial charge in [0.25, 0.3) is 0 Å². The molecule has 0 saturated heterocycles. The first-order valence-electron chi connectivity index (χ1n) is 7.12. The van der Waals surface area contributed by atoms with Gasteiger partial charge in [-0.15, -0.1) is 0 Å². The van der Waals surface area contributed by atoms with Gasteiger partial charge in [0.05, 0.1) is 19.3 Å². The molecule has 1 heterocycles. The number of aliphatic hydroxyl groups excluding tert-OH is 1. The Labute approximate surface area is 116 Å². The lowest BCUT2D eigenvalue weighted by Crippen LogP contribution is -2.36. The predicted molar refractivity (Wildman–Crippen MR) is 76.9 cm³/mol. The van der Waals surface area contributed by atoms with Gasteiger partial charge in [0.1, 0.15) is 0 Å².